The highest BCUT2D eigenvalue weighted by Crippen LogP contribution is 2.26. The molecule has 1 unspecified atom stereocenters. The fourth-order valence-electron chi connectivity index (χ4n) is 3.20. The predicted octanol–water partition coefficient (Wildman–Crippen LogP) is 3.24. The van der Waals surface area contributed by atoms with Crippen LogP contribution in [0.5, 0.6) is 0 Å². The van der Waals surface area contributed by atoms with Gasteiger partial charge in [-0.25, -0.2) is 4.79 Å². The first kappa shape index (κ1) is 18.4. The Morgan fingerprint density at radius 1 is 0.929 bits per heavy atom. The SMILES string of the molecule is O=c1cc2sc(C(O)CCc3ccccc3)cn2c(=O)n1Cc1ccccc1. The molecule has 0 aliphatic heterocycles. The second-order valence-electron chi connectivity index (χ2n) is 6.72. The third kappa shape index (κ3) is 3.83. The van der Waals surface area contributed by atoms with Crippen molar-refractivity contribution in [2.75, 3.05) is 0 Å². The van der Waals surface area contributed by atoms with Crippen LogP contribution in [0.3, 0.4) is 0 Å². The fourth-order valence-corrected chi connectivity index (χ4v) is 4.24. The predicted molar refractivity (Wildman–Crippen MR) is 111 cm³/mol. The lowest BCUT2D eigenvalue weighted by atomic mass is 10.1. The Morgan fingerprint density at radius 2 is 1.57 bits per heavy atom. The first-order chi connectivity index (χ1) is 13.6. The maximum atomic E-state index is 12.8. The van der Waals surface area contributed by atoms with Gasteiger partial charge in [0.05, 0.1) is 17.5 Å². The van der Waals surface area contributed by atoms with Gasteiger partial charge in [0.25, 0.3) is 5.56 Å². The second kappa shape index (κ2) is 7.96. The Bertz CT molecular complexity index is 1190. The molecule has 1 N–H and O–H groups in total. The summed E-state index contributed by atoms with van der Waals surface area (Å²) >= 11 is 1.28. The number of aryl methyl sites for hydroxylation is 1. The standard InChI is InChI=1S/C22H20N2O3S/c25-18(12-11-16-7-3-1-4-8-16)19-15-24-21(28-19)13-20(26)23(22(24)27)14-17-9-5-2-6-10-17/h1-10,13,15,18,25H,11-12,14H2. The molecule has 0 bridgehead atoms. The van der Waals surface area contributed by atoms with E-state index in [4.69, 9.17) is 0 Å². The van der Waals surface area contributed by atoms with Crippen molar-refractivity contribution in [1.82, 2.24) is 8.97 Å². The summed E-state index contributed by atoms with van der Waals surface area (Å²) in [6.07, 6.45) is 2.27. The molecule has 0 spiro atoms. The molecule has 4 rings (SSSR count). The first-order valence-electron chi connectivity index (χ1n) is 9.13. The molecule has 0 saturated heterocycles. The van der Waals surface area contributed by atoms with Crippen LogP contribution in [0.1, 0.15) is 28.5 Å². The van der Waals surface area contributed by atoms with E-state index >= 15 is 0 Å². The van der Waals surface area contributed by atoms with Gasteiger partial charge in [-0.3, -0.25) is 13.8 Å². The van der Waals surface area contributed by atoms with Crippen LogP contribution < -0.4 is 11.2 Å². The highest BCUT2D eigenvalue weighted by molar-refractivity contribution is 7.17. The minimum Gasteiger partial charge on any atom is -0.388 e. The van der Waals surface area contributed by atoms with Gasteiger partial charge in [0.2, 0.25) is 0 Å². The zero-order valence-corrected chi connectivity index (χ0v) is 16.0. The number of hydrogen-bond acceptors (Lipinski definition) is 4. The summed E-state index contributed by atoms with van der Waals surface area (Å²) in [6, 6.07) is 20.8. The van der Waals surface area contributed by atoms with Gasteiger partial charge in [-0.15, -0.1) is 11.3 Å². The average molecular weight is 392 g/mol. The largest absolute Gasteiger partial charge is 0.388 e. The van der Waals surface area contributed by atoms with Crippen LogP contribution in [0.4, 0.5) is 0 Å². The average Bonchev–Trinajstić information content (AvgIpc) is 3.15. The maximum Gasteiger partial charge on any atom is 0.336 e. The summed E-state index contributed by atoms with van der Waals surface area (Å²) in [7, 11) is 0. The van der Waals surface area contributed by atoms with E-state index in [1.807, 2.05) is 60.7 Å². The van der Waals surface area contributed by atoms with Crippen molar-refractivity contribution in [2.24, 2.45) is 0 Å². The number of hydrogen-bond donors (Lipinski definition) is 1. The monoisotopic (exact) mass is 392 g/mol. The van der Waals surface area contributed by atoms with Crippen LogP contribution in [0.15, 0.2) is 82.5 Å². The Morgan fingerprint density at radius 3 is 2.25 bits per heavy atom. The molecule has 2 heterocycles. The fraction of sp³-hybridized carbons (Fsp3) is 0.182. The van der Waals surface area contributed by atoms with Gasteiger partial charge in [0.15, 0.2) is 0 Å². The van der Waals surface area contributed by atoms with Crippen molar-refractivity contribution in [3.8, 4) is 0 Å². The molecule has 1 atom stereocenters. The van der Waals surface area contributed by atoms with Crippen molar-refractivity contribution in [2.45, 2.75) is 25.5 Å². The van der Waals surface area contributed by atoms with Gasteiger partial charge < -0.3 is 5.11 Å². The molecule has 2 aromatic carbocycles. The number of benzene rings is 2. The summed E-state index contributed by atoms with van der Waals surface area (Å²) in [5.41, 5.74) is 1.33. The molecule has 0 fully saturated rings. The highest BCUT2D eigenvalue weighted by Gasteiger charge is 2.15. The zero-order valence-electron chi connectivity index (χ0n) is 15.2. The van der Waals surface area contributed by atoms with Crippen molar-refractivity contribution in [3.63, 3.8) is 0 Å². The van der Waals surface area contributed by atoms with Gasteiger partial charge in [0, 0.05) is 12.3 Å². The van der Waals surface area contributed by atoms with E-state index in [0.29, 0.717) is 16.1 Å². The number of thiazole rings is 1. The van der Waals surface area contributed by atoms with Crippen LogP contribution in [0.2, 0.25) is 0 Å². The summed E-state index contributed by atoms with van der Waals surface area (Å²) in [5, 5.41) is 10.6. The Kier molecular flexibility index (Phi) is 5.23. The molecule has 0 radical (unpaired) electrons. The lowest BCUT2D eigenvalue weighted by Crippen LogP contribution is -2.36. The van der Waals surface area contributed by atoms with Gasteiger partial charge in [-0.1, -0.05) is 60.7 Å². The summed E-state index contributed by atoms with van der Waals surface area (Å²) < 4.78 is 2.67. The van der Waals surface area contributed by atoms with E-state index < -0.39 is 6.10 Å². The number of fused-ring (bicyclic) bond motifs is 1. The second-order valence-corrected chi connectivity index (χ2v) is 7.81. The van der Waals surface area contributed by atoms with E-state index in [1.54, 1.807) is 6.20 Å². The molecule has 142 valence electrons. The quantitative estimate of drug-likeness (QED) is 0.548. The topological polar surface area (TPSA) is 63.7 Å². The molecule has 6 heteroatoms. The molecule has 0 aliphatic rings. The molecule has 5 nitrogen and oxygen atoms in total. The molecule has 28 heavy (non-hydrogen) atoms. The number of aromatic nitrogens is 2. The van der Waals surface area contributed by atoms with Crippen LogP contribution in [-0.2, 0) is 13.0 Å². The smallest absolute Gasteiger partial charge is 0.336 e. The van der Waals surface area contributed by atoms with Crippen LogP contribution in [0, 0.1) is 0 Å². The molecule has 0 aliphatic carbocycles. The lowest BCUT2D eigenvalue weighted by Gasteiger charge is -2.07. The highest BCUT2D eigenvalue weighted by atomic mass is 32.1. The number of aliphatic hydroxyl groups is 1. The number of nitrogens with zero attached hydrogens (tertiary/aromatic N) is 2. The van der Waals surface area contributed by atoms with Gasteiger partial charge in [-0.05, 0) is 24.0 Å². The van der Waals surface area contributed by atoms with E-state index in [0.717, 1.165) is 17.5 Å². The summed E-state index contributed by atoms with van der Waals surface area (Å²) in [5.74, 6) is 0. The van der Waals surface area contributed by atoms with E-state index in [2.05, 4.69) is 0 Å². The molecule has 0 amide bonds. The van der Waals surface area contributed by atoms with Crippen LogP contribution in [-0.4, -0.2) is 14.1 Å². The third-order valence-corrected chi connectivity index (χ3v) is 5.86. The van der Waals surface area contributed by atoms with Crippen molar-refractivity contribution in [3.05, 3.63) is 110 Å². The minimum atomic E-state index is -0.679. The van der Waals surface area contributed by atoms with Gasteiger partial charge in [-0.2, -0.15) is 0 Å². The lowest BCUT2D eigenvalue weighted by molar-refractivity contribution is 0.171. The van der Waals surface area contributed by atoms with Crippen LogP contribution >= 0.6 is 11.3 Å². The number of aliphatic hydroxyl groups excluding tert-OH is 1. The molecular weight excluding hydrogens is 372 g/mol. The van der Waals surface area contributed by atoms with Crippen molar-refractivity contribution < 1.29 is 5.11 Å². The van der Waals surface area contributed by atoms with Gasteiger partial charge in [0.1, 0.15) is 4.83 Å². The van der Waals surface area contributed by atoms with Gasteiger partial charge >= 0.3 is 5.69 Å². The van der Waals surface area contributed by atoms with E-state index in [1.165, 1.54) is 26.4 Å². The first-order valence-corrected chi connectivity index (χ1v) is 9.95. The van der Waals surface area contributed by atoms with E-state index in [-0.39, 0.29) is 17.8 Å². The number of rotatable bonds is 6. The Balaban J connectivity index is 1.61. The zero-order chi connectivity index (χ0) is 19.5. The Labute approximate surface area is 165 Å². The summed E-state index contributed by atoms with van der Waals surface area (Å²) in [6.45, 7) is 0.225. The van der Waals surface area contributed by atoms with Crippen molar-refractivity contribution >= 4 is 16.2 Å². The molecule has 2 aromatic heterocycles. The molecular formula is C22H20N2O3S. The van der Waals surface area contributed by atoms with Crippen LogP contribution in [0.25, 0.3) is 4.83 Å². The minimum absolute atomic E-state index is 0.225. The van der Waals surface area contributed by atoms with E-state index in [9.17, 15) is 14.7 Å². The maximum absolute atomic E-state index is 12.8. The third-order valence-electron chi connectivity index (χ3n) is 4.73. The normalized spacial score (nSPS) is 12.3. The summed E-state index contributed by atoms with van der Waals surface area (Å²) in [4.78, 5) is 26.5. The molecule has 0 saturated carbocycles. The molecule has 4 aromatic rings. The van der Waals surface area contributed by atoms with Crippen molar-refractivity contribution in [1.29, 1.82) is 0 Å². The Hall–Kier alpha value is -2.96.